The third kappa shape index (κ3) is 8.33. The van der Waals surface area contributed by atoms with E-state index >= 15 is 0 Å². The van der Waals surface area contributed by atoms with Crippen molar-refractivity contribution in [3.8, 4) is 0 Å². The number of Topliss-reactive ketones (excluding diaryl/α,β-unsaturated/α-hetero) is 1. The van der Waals surface area contributed by atoms with Crippen LogP contribution in [0.2, 0.25) is 0 Å². The fraction of sp³-hybridized carbons (Fsp3) is 0.750. The highest BCUT2D eigenvalue weighted by atomic mass is 16.7. The minimum absolute atomic E-state index is 0.124. The average Bonchev–Trinajstić information content (AvgIpc) is 2.18. The van der Waals surface area contributed by atoms with Gasteiger partial charge in [-0.2, -0.15) is 0 Å². The van der Waals surface area contributed by atoms with E-state index in [1.807, 2.05) is 0 Å². The van der Waals surface area contributed by atoms with Crippen molar-refractivity contribution >= 4 is 5.78 Å². The Balaban J connectivity index is 3.71. The summed E-state index contributed by atoms with van der Waals surface area (Å²) in [4.78, 5) is 10.7. The Labute approximate surface area is 92.5 Å². The van der Waals surface area contributed by atoms with Gasteiger partial charge in [0, 0.05) is 27.1 Å². The number of methoxy groups -OCH3 is 2. The molecule has 0 aromatic rings. The Kier molecular flexibility index (Phi) is 8.24. The molecule has 88 valence electrons. The number of rotatable bonds is 8. The molecule has 3 heteroatoms. The first-order chi connectivity index (χ1) is 7.10. The minimum atomic E-state index is -0.124. The summed E-state index contributed by atoms with van der Waals surface area (Å²) in [5.74, 6) is 0.241. The molecule has 0 bridgehead atoms. The maximum Gasteiger partial charge on any atom is 0.157 e. The summed E-state index contributed by atoms with van der Waals surface area (Å²) in [6, 6.07) is 0. The predicted octanol–water partition coefficient (Wildman–Crippen LogP) is 2.70. The first kappa shape index (κ1) is 14.3. The Morgan fingerprint density at radius 1 is 1.20 bits per heavy atom. The van der Waals surface area contributed by atoms with Crippen LogP contribution in [0.5, 0.6) is 0 Å². The van der Waals surface area contributed by atoms with Gasteiger partial charge in [0.25, 0.3) is 0 Å². The van der Waals surface area contributed by atoms with Gasteiger partial charge in [-0.1, -0.05) is 11.6 Å². The van der Waals surface area contributed by atoms with Gasteiger partial charge in [-0.25, -0.2) is 0 Å². The zero-order valence-corrected chi connectivity index (χ0v) is 10.2. The number of ether oxygens (including phenoxy) is 2. The van der Waals surface area contributed by atoms with Crippen molar-refractivity contribution in [3.63, 3.8) is 0 Å². The molecule has 0 aliphatic carbocycles. The SMILES string of the molecule is COC(CC/C(C)=C\CCC(C)=O)OC. The van der Waals surface area contributed by atoms with Crippen LogP contribution in [0.1, 0.15) is 39.5 Å². The quantitative estimate of drug-likeness (QED) is 0.460. The zero-order valence-electron chi connectivity index (χ0n) is 10.2. The molecule has 0 aromatic carbocycles. The first-order valence-electron chi connectivity index (χ1n) is 5.30. The van der Waals surface area contributed by atoms with Crippen LogP contribution in [0.15, 0.2) is 11.6 Å². The van der Waals surface area contributed by atoms with Gasteiger partial charge < -0.3 is 14.3 Å². The lowest BCUT2D eigenvalue weighted by Gasteiger charge is -2.12. The summed E-state index contributed by atoms with van der Waals surface area (Å²) in [6.07, 6.45) is 5.27. The number of carbonyl (C=O) groups excluding carboxylic acids is 1. The van der Waals surface area contributed by atoms with E-state index in [1.165, 1.54) is 5.57 Å². The highest BCUT2D eigenvalue weighted by Crippen LogP contribution is 2.10. The summed E-state index contributed by atoms with van der Waals surface area (Å²) in [6.45, 7) is 3.69. The third-order valence-corrected chi connectivity index (χ3v) is 2.29. The summed E-state index contributed by atoms with van der Waals surface area (Å²) in [5.41, 5.74) is 1.29. The molecule has 0 atom stereocenters. The second-order valence-electron chi connectivity index (χ2n) is 3.73. The topological polar surface area (TPSA) is 35.5 Å². The van der Waals surface area contributed by atoms with Crippen molar-refractivity contribution in [2.45, 2.75) is 45.8 Å². The van der Waals surface area contributed by atoms with E-state index in [0.29, 0.717) is 6.42 Å². The number of hydrogen-bond donors (Lipinski definition) is 0. The number of ketones is 1. The monoisotopic (exact) mass is 214 g/mol. The van der Waals surface area contributed by atoms with E-state index in [4.69, 9.17) is 9.47 Å². The standard InChI is InChI=1S/C12H22O3/c1-10(6-5-7-11(2)13)8-9-12(14-3)15-4/h6,12H,5,7-9H2,1-4H3/b10-6-. The summed E-state index contributed by atoms with van der Waals surface area (Å²) >= 11 is 0. The summed E-state index contributed by atoms with van der Waals surface area (Å²) < 4.78 is 10.2. The van der Waals surface area contributed by atoms with E-state index < -0.39 is 0 Å². The molecule has 0 spiro atoms. The van der Waals surface area contributed by atoms with Crippen LogP contribution >= 0.6 is 0 Å². The molecule has 0 unspecified atom stereocenters. The maximum absolute atomic E-state index is 10.7. The lowest BCUT2D eigenvalue weighted by Crippen LogP contribution is -2.12. The zero-order chi connectivity index (χ0) is 11.7. The summed E-state index contributed by atoms with van der Waals surface area (Å²) in [7, 11) is 3.28. The molecule has 0 aliphatic rings. The fourth-order valence-corrected chi connectivity index (χ4v) is 1.30. The molecule has 0 amide bonds. The molecule has 15 heavy (non-hydrogen) atoms. The van der Waals surface area contributed by atoms with Gasteiger partial charge in [0.2, 0.25) is 0 Å². The van der Waals surface area contributed by atoms with Gasteiger partial charge in [0.15, 0.2) is 6.29 Å². The van der Waals surface area contributed by atoms with E-state index in [0.717, 1.165) is 19.3 Å². The van der Waals surface area contributed by atoms with Gasteiger partial charge in [-0.15, -0.1) is 0 Å². The first-order valence-corrected chi connectivity index (χ1v) is 5.30. The van der Waals surface area contributed by atoms with Crippen molar-refractivity contribution in [1.82, 2.24) is 0 Å². The Morgan fingerprint density at radius 2 is 1.80 bits per heavy atom. The molecule has 0 rings (SSSR count). The lowest BCUT2D eigenvalue weighted by molar-refractivity contribution is -0.116. The molecule has 0 heterocycles. The lowest BCUT2D eigenvalue weighted by atomic mass is 10.1. The van der Waals surface area contributed by atoms with Gasteiger partial charge >= 0.3 is 0 Å². The van der Waals surface area contributed by atoms with Crippen LogP contribution in [0.4, 0.5) is 0 Å². The Hall–Kier alpha value is -0.670. The number of carbonyl (C=O) groups is 1. The largest absolute Gasteiger partial charge is 0.356 e. The molecule has 0 aliphatic heterocycles. The molecule has 0 radical (unpaired) electrons. The van der Waals surface area contributed by atoms with Crippen LogP contribution in [0, 0.1) is 0 Å². The Morgan fingerprint density at radius 3 is 2.27 bits per heavy atom. The minimum Gasteiger partial charge on any atom is -0.356 e. The second kappa shape index (κ2) is 8.62. The predicted molar refractivity (Wildman–Crippen MR) is 60.7 cm³/mol. The van der Waals surface area contributed by atoms with Crippen molar-refractivity contribution in [3.05, 3.63) is 11.6 Å². The highest BCUT2D eigenvalue weighted by Gasteiger charge is 2.04. The van der Waals surface area contributed by atoms with E-state index in [9.17, 15) is 4.79 Å². The highest BCUT2D eigenvalue weighted by molar-refractivity contribution is 5.75. The number of allylic oxidation sites excluding steroid dienone is 2. The Bertz CT molecular complexity index is 205. The van der Waals surface area contributed by atoms with E-state index in [2.05, 4.69) is 13.0 Å². The third-order valence-electron chi connectivity index (χ3n) is 2.29. The van der Waals surface area contributed by atoms with Gasteiger partial charge in [-0.05, 0) is 26.7 Å². The normalized spacial score (nSPS) is 12.2. The van der Waals surface area contributed by atoms with Crippen molar-refractivity contribution in [1.29, 1.82) is 0 Å². The molecule has 0 saturated heterocycles. The van der Waals surface area contributed by atoms with E-state index in [1.54, 1.807) is 21.1 Å². The fourth-order valence-electron chi connectivity index (χ4n) is 1.30. The smallest absolute Gasteiger partial charge is 0.157 e. The molecular formula is C12H22O3. The van der Waals surface area contributed by atoms with Crippen molar-refractivity contribution in [2.75, 3.05) is 14.2 Å². The maximum atomic E-state index is 10.7. The molecule has 3 nitrogen and oxygen atoms in total. The van der Waals surface area contributed by atoms with Crippen molar-refractivity contribution in [2.24, 2.45) is 0 Å². The van der Waals surface area contributed by atoms with Crippen molar-refractivity contribution < 1.29 is 14.3 Å². The van der Waals surface area contributed by atoms with Gasteiger partial charge in [0.1, 0.15) is 5.78 Å². The molecule has 0 saturated carbocycles. The van der Waals surface area contributed by atoms with Gasteiger partial charge in [-0.3, -0.25) is 0 Å². The second-order valence-corrected chi connectivity index (χ2v) is 3.73. The molecular weight excluding hydrogens is 192 g/mol. The van der Waals surface area contributed by atoms with Gasteiger partial charge in [0.05, 0.1) is 0 Å². The van der Waals surface area contributed by atoms with E-state index in [-0.39, 0.29) is 12.1 Å². The molecule has 0 aromatic heterocycles. The van der Waals surface area contributed by atoms with Crippen LogP contribution in [-0.4, -0.2) is 26.3 Å². The molecule has 0 fully saturated rings. The van der Waals surface area contributed by atoms with Crippen LogP contribution < -0.4 is 0 Å². The van der Waals surface area contributed by atoms with Crippen LogP contribution in [0.25, 0.3) is 0 Å². The molecule has 0 N–H and O–H groups in total. The number of hydrogen-bond acceptors (Lipinski definition) is 3. The van der Waals surface area contributed by atoms with Crippen LogP contribution in [0.3, 0.4) is 0 Å². The average molecular weight is 214 g/mol. The van der Waals surface area contributed by atoms with Crippen LogP contribution in [-0.2, 0) is 14.3 Å². The summed E-state index contributed by atoms with van der Waals surface area (Å²) in [5, 5.41) is 0.